The highest BCUT2D eigenvalue weighted by Gasteiger charge is 2.33. The van der Waals surface area contributed by atoms with E-state index in [4.69, 9.17) is 18.9 Å². The first-order valence-electron chi connectivity index (χ1n) is 15.7. The number of rotatable bonds is 10. The van der Waals surface area contributed by atoms with E-state index >= 15 is 0 Å². The smallest absolute Gasteiger partial charge is 0.343 e. The summed E-state index contributed by atoms with van der Waals surface area (Å²) in [6.45, 7) is 0. The predicted molar refractivity (Wildman–Crippen MR) is 186 cm³/mol. The van der Waals surface area contributed by atoms with E-state index in [1.54, 1.807) is 0 Å². The van der Waals surface area contributed by atoms with E-state index in [0.29, 0.717) is 42.5 Å². The Balaban J connectivity index is 1.35. The van der Waals surface area contributed by atoms with E-state index in [0.717, 1.165) is 19.2 Å². The number of hydrogen-bond donors (Lipinski definition) is 10. The van der Waals surface area contributed by atoms with Crippen LogP contribution in [-0.4, -0.2) is 94.1 Å². The van der Waals surface area contributed by atoms with Gasteiger partial charge in [0.1, 0.15) is 5.75 Å². The molecule has 0 saturated heterocycles. The summed E-state index contributed by atoms with van der Waals surface area (Å²) in [5.74, 6) is -19.1. The van der Waals surface area contributed by atoms with Crippen LogP contribution in [0.3, 0.4) is 0 Å². The third-order valence-electron chi connectivity index (χ3n) is 7.86. The summed E-state index contributed by atoms with van der Waals surface area (Å²) in [5.41, 5.74) is -3.59. The van der Waals surface area contributed by atoms with Crippen LogP contribution in [0.4, 0.5) is 5.69 Å². The zero-order valence-electron chi connectivity index (χ0n) is 28.9. The van der Waals surface area contributed by atoms with Gasteiger partial charge in [-0.25, -0.2) is 24.0 Å². The van der Waals surface area contributed by atoms with Crippen LogP contribution in [0.2, 0.25) is 0 Å². The monoisotopic (exact) mass is 807 g/mol. The van der Waals surface area contributed by atoms with Crippen molar-refractivity contribution in [2.45, 2.75) is 12.5 Å². The highest BCUT2D eigenvalue weighted by Crippen LogP contribution is 2.42. The molecule has 300 valence electrons. The standard InChI is InChI=1S/C36H25NO21/c1-54-32(48)13-2-17(38)27(37-53)23(8-13)55-34(50)14-5-20(41)30(46)25(9-14)57-36(52)16-7-22(43)31(47)26(11-16)58-35(51)15-6-21(42)29(45)24(10-15)56-33(49)12-3-18(39)28(44)19(40)4-12/h2-9,11,24,38-47H,10H2,1H3. The molecule has 0 radical (unpaired) electrons. The van der Waals surface area contributed by atoms with E-state index in [9.17, 15) is 79.9 Å². The van der Waals surface area contributed by atoms with Crippen molar-refractivity contribution in [2.75, 3.05) is 7.11 Å². The number of ether oxygens (including phenoxy) is 5. The fraction of sp³-hybridized carbons (Fsp3) is 0.0833. The lowest BCUT2D eigenvalue weighted by molar-refractivity contribution is -0.130. The Labute approximate surface area is 321 Å². The lowest BCUT2D eigenvalue weighted by Gasteiger charge is -2.22. The second-order valence-electron chi connectivity index (χ2n) is 11.7. The molecule has 4 aromatic carbocycles. The summed E-state index contributed by atoms with van der Waals surface area (Å²) in [7, 11) is 1.00. The molecule has 0 fully saturated rings. The Kier molecular flexibility index (Phi) is 11.1. The molecule has 22 nitrogen and oxygen atoms in total. The minimum atomic E-state index is -1.78. The van der Waals surface area contributed by atoms with Crippen molar-refractivity contribution < 1.29 is 98.7 Å². The zero-order valence-corrected chi connectivity index (χ0v) is 28.9. The molecule has 58 heavy (non-hydrogen) atoms. The number of allylic oxidation sites excluding steroid dienone is 1. The van der Waals surface area contributed by atoms with E-state index in [2.05, 4.69) is 9.91 Å². The fourth-order valence-electron chi connectivity index (χ4n) is 4.98. The molecule has 10 N–H and O–H groups in total. The van der Waals surface area contributed by atoms with E-state index in [1.807, 2.05) is 0 Å². The Bertz CT molecular complexity index is 2480. The topological polar surface area (TPSA) is 363 Å². The maximum atomic E-state index is 13.2. The van der Waals surface area contributed by atoms with Gasteiger partial charge in [0.05, 0.1) is 29.4 Å². The second-order valence-corrected chi connectivity index (χ2v) is 11.7. The van der Waals surface area contributed by atoms with Gasteiger partial charge in [-0.1, -0.05) is 0 Å². The normalized spacial score (nSPS) is 13.5. The van der Waals surface area contributed by atoms with Crippen LogP contribution in [0.1, 0.15) is 47.9 Å². The first-order valence-corrected chi connectivity index (χ1v) is 15.7. The molecule has 0 amide bonds. The van der Waals surface area contributed by atoms with Gasteiger partial charge in [0, 0.05) is 12.0 Å². The molecule has 0 bridgehead atoms. The molecule has 0 heterocycles. The number of carbonyl (C=O) groups excluding carboxylic acids is 5. The largest absolute Gasteiger partial charge is 0.505 e. The van der Waals surface area contributed by atoms with Crippen molar-refractivity contribution in [3.05, 3.63) is 98.9 Å². The van der Waals surface area contributed by atoms with Gasteiger partial charge in [-0.3, -0.25) is 0 Å². The SMILES string of the molecule is COC(=O)c1cc(O)c(N=O)c(OC(=O)c2cc(O)c(O)c(OC(=O)c3cc(O)c(O)c(OC(=O)C4=CC(O)=C(O)C(OC(=O)c5cc(O)c(O)c(O)c5)C4)c3)c2)c1. The van der Waals surface area contributed by atoms with Crippen LogP contribution in [0, 0.1) is 4.91 Å². The third-order valence-corrected chi connectivity index (χ3v) is 7.86. The van der Waals surface area contributed by atoms with Crippen molar-refractivity contribution >= 4 is 35.5 Å². The van der Waals surface area contributed by atoms with Crippen molar-refractivity contribution in [2.24, 2.45) is 5.18 Å². The first kappa shape index (κ1) is 40.5. The quantitative estimate of drug-likeness (QED) is 0.0472. The number of aliphatic hydroxyl groups is 2. The number of aromatic hydroxyl groups is 8. The van der Waals surface area contributed by atoms with Crippen LogP contribution in [0.25, 0.3) is 0 Å². The molecule has 0 aromatic heterocycles. The minimum absolute atomic E-state index is 0.368. The molecule has 0 spiro atoms. The number of nitrogens with zero attached hydrogens (tertiary/aromatic N) is 1. The maximum absolute atomic E-state index is 13.2. The molecule has 0 saturated carbocycles. The number of phenolic OH excluding ortho intramolecular Hbond substituents is 8. The Hall–Kier alpha value is -8.69. The lowest BCUT2D eigenvalue weighted by atomic mass is 9.99. The summed E-state index contributed by atoms with van der Waals surface area (Å²) in [5, 5.41) is 103. The summed E-state index contributed by atoms with van der Waals surface area (Å²) in [6, 6.07) is 5.60. The molecule has 4 aromatic rings. The van der Waals surface area contributed by atoms with Crippen molar-refractivity contribution in [3.63, 3.8) is 0 Å². The molecule has 5 rings (SSSR count). The highest BCUT2D eigenvalue weighted by atomic mass is 16.6. The van der Waals surface area contributed by atoms with Crippen LogP contribution in [0.5, 0.6) is 63.2 Å². The molecule has 1 aliphatic rings. The fourth-order valence-corrected chi connectivity index (χ4v) is 4.98. The lowest BCUT2D eigenvalue weighted by Crippen LogP contribution is -2.28. The Morgan fingerprint density at radius 1 is 0.534 bits per heavy atom. The highest BCUT2D eigenvalue weighted by molar-refractivity contribution is 5.98. The number of phenols is 8. The van der Waals surface area contributed by atoms with Crippen LogP contribution in [0.15, 0.2) is 76.9 Å². The van der Waals surface area contributed by atoms with Crippen LogP contribution >= 0.6 is 0 Å². The molecule has 1 unspecified atom stereocenters. The summed E-state index contributed by atoms with van der Waals surface area (Å²) >= 11 is 0. The first-order chi connectivity index (χ1) is 27.3. The average molecular weight is 808 g/mol. The number of carbonyl (C=O) groups is 5. The van der Waals surface area contributed by atoms with Gasteiger partial charge in [-0.2, -0.15) is 0 Å². The number of nitroso groups, excluding NO2 is 1. The summed E-state index contributed by atoms with van der Waals surface area (Å²) in [6.07, 6.45) is -1.78. The Morgan fingerprint density at radius 3 is 1.45 bits per heavy atom. The van der Waals surface area contributed by atoms with Crippen LogP contribution < -0.4 is 14.2 Å². The van der Waals surface area contributed by atoms with Crippen molar-refractivity contribution in [1.82, 2.24) is 0 Å². The number of benzene rings is 4. The second kappa shape index (κ2) is 16.0. The Morgan fingerprint density at radius 2 is 0.948 bits per heavy atom. The number of hydrogen-bond acceptors (Lipinski definition) is 22. The maximum Gasteiger partial charge on any atom is 0.343 e. The van der Waals surface area contributed by atoms with Gasteiger partial charge in [0.2, 0.25) is 11.5 Å². The number of methoxy groups -OCH3 is 1. The number of esters is 5. The van der Waals surface area contributed by atoms with Gasteiger partial charge in [0.25, 0.3) is 0 Å². The van der Waals surface area contributed by atoms with E-state index in [-0.39, 0.29) is 5.56 Å². The van der Waals surface area contributed by atoms with Gasteiger partial charge in [0.15, 0.2) is 69.3 Å². The molecule has 0 aliphatic heterocycles. The third kappa shape index (κ3) is 8.19. The van der Waals surface area contributed by atoms with Gasteiger partial charge in [-0.15, -0.1) is 4.91 Å². The predicted octanol–water partition coefficient (Wildman–Crippen LogP) is 3.74. The molecular weight excluding hydrogens is 782 g/mol. The van der Waals surface area contributed by atoms with Gasteiger partial charge < -0.3 is 74.7 Å². The van der Waals surface area contributed by atoms with Gasteiger partial charge >= 0.3 is 29.8 Å². The average Bonchev–Trinajstić information content (AvgIpc) is 3.17. The molecule has 1 atom stereocenters. The van der Waals surface area contributed by atoms with Gasteiger partial charge in [-0.05, 0) is 59.8 Å². The van der Waals surface area contributed by atoms with Crippen LogP contribution in [-0.2, 0) is 14.3 Å². The zero-order chi connectivity index (χ0) is 42.7. The van der Waals surface area contributed by atoms with E-state index in [1.165, 1.54) is 0 Å². The summed E-state index contributed by atoms with van der Waals surface area (Å²) in [4.78, 5) is 75.1. The van der Waals surface area contributed by atoms with Crippen molar-refractivity contribution in [3.8, 4) is 63.2 Å². The minimum Gasteiger partial charge on any atom is -0.505 e. The molecule has 1 aliphatic carbocycles. The molecule has 22 heteroatoms. The molecular formula is C36H25NO21. The summed E-state index contributed by atoms with van der Waals surface area (Å²) < 4.78 is 24.8. The van der Waals surface area contributed by atoms with Crippen molar-refractivity contribution in [1.29, 1.82) is 0 Å². The van der Waals surface area contributed by atoms with E-state index < -0.39 is 145 Å². The number of aliphatic hydroxyl groups excluding tert-OH is 2.